The normalized spacial score (nSPS) is 8.75. The van der Waals surface area contributed by atoms with Crippen molar-refractivity contribution in [1.82, 2.24) is 0 Å². The van der Waals surface area contributed by atoms with Crippen LogP contribution >= 0.6 is 0 Å². The molecule has 1 rings (SSSR count). The summed E-state index contributed by atoms with van der Waals surface area (Å²) in [6.07, 6.45) is 0.848. The molecule has 0 aliphatic carbocycles. The third kappa shape index (κ3) is 2.92. The standard InChI is InChI=1S/C9H10O2.Tl/c1-2-7-4-3-5-8(6-7)9(10)11;/h3-6H,2H2,1H3,(H,10,11);/q;+1/p-1. The summed E-state index contributed by atoms with van der Waals surface area (Å²) in [5.74, 6) is -1.11. The van der Waals surface area contributed by atoms with Gasteiger partial charge in [-0.15, -0.1) is 0 Å². The Kier molecular flexibility index (Phi) is 5.12. The Hall–Kier alpha value is -0.388. The van der Waals surface area contributed by atoms with Crippen LogP contribution in [0.2, 0.25) is 0 Å². The van der Waals surface area contributed by atoms with Crippen molar-refractivity contribution in [3.8, 4) is 0 Å². The van der Waals surface area contributed by atoms with E-state index in [1.54, 1.807) is 12.1 Å². The fourth-order valence-corrected chi connectivity index (χ4v) is 0.918. The molecule has 0 heterocycles. The van der Waals surface area contributed by atoms with Crippen LogP contribution in [-0.2, 0) is 6.42 Å². The molecule has 60 valence electrons. The van der Waals surface area contributed by atoms with Gasteiger partial charge in [0.1, 0.15) is 0 Å². The van der Waals surface area contributed by atoms with Gasteiger partial charge in [0.25, 0.3) is 0 Å². The molecule has 3 heteroatoms. The molecule has 0 atom stereocenters. The summed E-state index contributed by atoms with van der Waals surface area (Å²) in [5.41, 5.74) is 1.27. The molecule has 0 bridgehead atoms. The summed E-state index contributed by atoms with van der Waals surface area (Å²) in [4.78, 5) is 10.4. The van der Waals surface area contributed by atoms with E-state index < -0.39 is 5.97 Å². The van der Waals surface area contributed by atoms with E-state index in [1.165, 1.54) is 6.07 Å². The molecule has 0 fully saturated rings. The van der Waals surface area contributed by atoms with Crippen LogP contribution in [0.15, 0.2) is 24.3 Å². The third-order valence-electron chi connectivity index (χ3n) is 1.57. The predicted molar refractivity (Wildman–Crippen MR) is 45.9 cm³/mol. The Balaban J connectivity index is 0.00000121. The third-order valence-corrected chi connectivity index (χ3v) is 1.57. The van der Waals surface area contributed by atoms with E-state index in [1.807, 2.05) is 13.0 Å². The fourth-order valence-electron chi connectivity index (χ4n) is 0.918. The van der Waals surface area contributed by atoms with Crippen LogP contribution in [0.4, 0.5) is 0 Å². The van der Waals surface area contributed by atoms with Crippen LogP contribution in [0.3, 0.4) is 0 Å². The zero-order chi connectivity index (χ0) is 8.27. The first-order valence-electron chi connectivity index (χ1n) is 3.54. The minimum absolute atomic E-state index is 0. The Morgan fingerprint density at radius 1 is 1.50 bits per heavy atom. The van der Waals surface area contributed by atoms with Gasteiger partial charge in [-0.1, -0.05) is 25.1 Å². The molecule has 0 radical (unpaired) electrons. The summed E-state index contributed by atoms with van der Waals surface area (Å²) in [5, 5.41) is 10.4. The first-order chi connectivity index (χ1) is 5.24. The van der Waals surface area contributed by atoms with E-state index >= 15 is 0 Å². The number of carboxylic acids is 1. The first-order valence-corrected chi connectivity index (χ1v) is 3.54. The zero-order valence-electron chi connectivity index (χ0n) is 6.91. The number of carbonyl (C=O) groups excluding carboxylic acids is 1. The number of carbonyl (C=O) groups is 1. The average molecular weight is 354 g/mol. The monoisotopic (exact) mass is 354 g/mol. The quantitative estimate of drug-likeness (QED) is 0.714. The van der Waals surface area contributed by atoms with E-state index in [2.05, 4.69) is 0 Å². The summed E-state index contributed by atoms with van der Waals surface area (Å²) in [6.45, 7) is 1.98. The second-order valence-electron chi connectivity index (χ2n) is 2.34. The van der Waals surface area contributed by atoms with Gasteiger partial charge >= 0.3 is 27.3 Å². The average Bonchev–Trinajstić information content (AvgIpc) is 2.05. The van der Waals surface area contributed by atoms with E-state index in [4.69, 9.17) is 0 Å². The summed E-state index contributed by atoms with van der Waals surface area (Å²) < 4.78 is 0. The largest absolute Gasteiger partial charge is 1.00 e. The van der Waals surface area contributed by atoms with E-state index in [-0.39, 0.29) is 32.9 Å². The van der Waals surface area contributed by atoms with Crippen molar-refractivity contribution in [2.24, 2.45) is 0 Å². The van der Waals surface area contributed by atoms with Gasteiger partial charge in [0.15, 0.2) is 0 Å². The number of hydrogen-bond acceptors (Lipinski definition) is 2. The SMILES string of the molecule is CCc1cccc(C(=O)[O-])c1.[Tl+]. The molecule has 0 saturated carbocycles. The summed E-state index contributed by atoms with van der Waals surface area (Å²) in [6, 6.07) is 6.79. The molecule has 0 spiro atoms. The second-order valence-corrected chi connectivity index (χ2v) is 2.34. The van der Waals surface area contributed by atoms with Crippen LogP contribution in [0.25, 0.3) is 0 Å². The summed E-state index contributed by atoms with van der Waals surface area (Å²) >= 11 is 0. The van der Waals surface area contributed by atoms with Crippen molar-refractivity contribution >= 4 is 33.3 Å². The number of hydrogen-bond donors (Lipinski definition) is 0. The van der Waals surface area contributed by atoms with Gasteiger partial charge in [-0.05, 0) is 23.6 Å². The van der Waals surface area contributed by atoms with Gasteiger partial charge in [0.05, 0.1) is 5.97 Å². The van der Waals surface area contributed by atoms with Gasteiger partial charge in [-0.3, -0.25) is 0 Å². The Bertz CT molecular complexity index is 271. The van der Waals surface area contributed by atoms with Crippen molar-refractivity contribution in [3.63, 3.8) is 0 Å². The molecule has 12 heavy (non-hydrogen) atoms. The van der Waals surface area contributed by atoms with Crippen molar-refractivity contribution < 1.29 is 9.90 Å². The zero-order valence-corrected chi connectivity index (χ0v) is 11.4. The minimum Gasteiger partial charge on any atom is -0.545 e. The van der Waals surface area contributed by atoms with Crippen molar-refractivity contribution in [3.05, 3.63) is 35.4 Å². The number of aromatic carboxylic acids is 1. The molecule has 1 aromatic rings. The molecule has 0 aliphatic heterocycles. The fraction of sp³-hybridized carbons (Fsp3) is 0.222. The van der Waals surface area contributed by atoms with E-state index in [9.17, 15) is 9.90 Å². The maximum atomic E-state index is 10.4. The Labute approximate surface area is 91.8 Å². The second kappa shape index (κ2) is 5.29. The molecule has 0 N–H and O–H groups in total. The van der Waals surface area contributed by atoms with Gasteiger partial charge in [-0.2, -0.15) is 0 Å². The van der Waals surface area contributed by atoms with Crippen LogP contribution in [0.5, 0.6) is 0 Å². The maximum Gasteiger partial charge on any atom is 1.00 e. The number of benzene rings is 1. The molecular weight excluding hydrogens is 344 g/mol. The van der Waals surface area contributed by atoms with E-state index in [0.717, 1.165) is 12.0 Å². The topological polar surface area (TPSA) is 40.1 Å². The Morgan fingerprint density at radius 3 is 2.67 bits per heavy atom. The molecule has 0 unspecified atom stereocenters. The van der Waals surface area contributed by atoms with E-state index in [0.29, 0.717) is 0 Å². The molecule has 0 aromatic heterocycles. The number of carboxylic acid groups (broad SMARTS) is 1. The number of aryl methyl sites for hydroxylation is 1. The van der Waals surface area contributed by atoms with Crippen LogP contribution in [0, 0.1) is 0 Å². The van der Waals surface area contributed by atoms with Gasteiger partial charge < -0.3 is 9.90 Å². The van der Waals surface area contributed by atoms with Crippen molar-refractivity contribution in [1.29, 1.82) is 0 Å². The first kappa shape index (κ1) is 11.6. The molecule has 0 amide bonds. The van der Waals surface area contributed by atoms with Crippen LogP contribution < -0.4 is 5.11 Å². The smallest absolute Gasteiger partial charge is 0.545 e. The maximum absolute atomic E-state index is 10.4. The summed E-state index contributed by atoms with van der Waals surface area (Å²) in [7, 11) is 0. The molecular formula is C9H9O2Tl. The Morgan fingerprint density at radius 2 is 2.17 bits per heavy atom. The van der Waals surface area contributed by atoms with Crippen LogP contribution in [-0.4, -0.2) is 33.3 Å². The molecule has 1 aromatic carbocycles. The molecule has 0 aliphatic rings. The van der Waals surface area contributed by atoms with Crippen molar-refractivity contribution in [2.75, 3.05) is 0 Å². The van der Waals surface area contributed by atoms with Gasteiger partial charge in [0, 0.05) is 0 Å². The van der Waals surface area contributed by atoms with Crippen LogP contribution in [0.1, 0.15) is 22.8 Å². The van der Waals surface area contributed by atoms with Gasteiger partial charge in [0.2, 0.25) is 0 Å². The molecule has 0 saturated heterocycles. The van der Waals surface area contributed by atoms with Gasteiger partial charge in [-0.25, -0.2) is 0 Å². The molecule has 2 nitrogen and oxygen atoms in total. The predicted octanol–water partition coefficient (Wildman–Crippen LogP) is 0.232. The number of rotatable bonds is 2. The van der Waals surface area contributed by atoms with Crippen molar-refractivity contribution in [2.45, 2.75) is 13.3 Å². The minimum atomic E-state index is -1.11.